The van der Waals surface area contributed by atoms with Gasteiger partial charge in [0.15, 0.2) is 0 Å². The lowest BCUT2D eigenvalue weighted by Crippen LogP contribution is -2.25. The number of unbranched alkanes of at least 4 members (excludes halogenated alkanes) is 1. The molecule has 0 bridgehead atoms. The Labute approximate surface area is 105 Å². The first-order valence-electron chi connectivity index (χ1n) is 5.38. The zero-order chi connectivity index (χ0) is 12.7. The molecular weight excluding hydrogens is 245 g/mol. The van der Waals surface area contributed by atoms with Crippen LogP contribution in [0.1, 0.15) is 23.2 Å². The van der Waals surface area contributed by atoms with Crippen molar-refractivity contribution in [1.29, 1.82) is 0 Å². The van der Waals surface area contributed by atoms with Gasteiger partial charge in [-0.2, -0.15) is 0 Å². The Hall–Kier alpha value is -1.13. The van der Waals surface area contributed by atoms with Crippen molar-refractivity contribution in [3.05, 3.63) is 34.6 Å². The van der Waals surface area contributed by atoms with Crippen molar-refractivity contribution in [3.8, 4) is 0 Å². The van der Waals surface area contributed by atoms with Crippen LogP contribution in [0.2, 0.25) is 5.02 Å². The fourth-order valence-corrected chi connectivity index (χ4v) is 1.63. The van der Waals surface area contributed by atoms with Gasteiger partial charge < -0.3 is 10.1 Å². The minimum atomic E-state index is -0.605. The number of carbonyl (C=O) groups is 1. The second-order valence-electron chi connectivity index (χ2n) is 3.55. The van der Waals surface area contributed by atoms with Crippen molar-refractivity contribution < 1.29 is 13.9 Å². The maximum absolute atomic E-state index is 13.4. The van der Waals surface area contributed by atoms with Gasteiger partial charge in [-0.05, 0) is 25.0 Å². The third-order valence-electron chi connectivity index (χ3n) is 2.25. The Bertz CT molecular complexity index is 365. The van der Waals surface area contributed by atoms with Gasteiger partial charge in [0.1, 0.15) is 5.82 Å². The van der Waals surface area contributed by atoms with Crippen LogP contribution in [0.15, 0.2) is 18.2 Å². The normalized spacial score (nSPS) is 10.3. The topological polar surface area (TPSA) is 38.3 Å². The Morgan fingerprint density at radius 1 is 1.47 bits per heavy atom. The molecule has 17 heavy (non-hydrogen) atoms. The zero-order valence-electron chi connectivity index (χ0n) is 9.63. The molecule has 94 valence electrons. The fraction of sp³-hybridized carbons (Fsp3) is 0.417. The average Bonchev–Trinajstić information content (AvgIpc) is 2.28. The highest BCUT2D eigenvalue weighted by atomic mass is 35.5. The van der Waals surface area contributed by atoms with Gasteiger partial charge in [-0.15, -0.1) is 0 Å². The minimum Gasteiger partial charge on any atom is -0.385 e. The Kier molecular flexibility index (Phi) is 5.94. The van der Waals surface area contributed by atoms with Crippen LogP contribution in [0.4, 0.5) is 4.39 Å². The van der Waals surface area contributed by atoms with Crippen LogP contribution in [-0.2, 0) is 4.74 Å². The summed E-state index contributed by atoms with van der Waals surface area (Å²) in [4.78, 5) is 11.7. The van der Waals surface area contributed by atoms with Crippen molar-refractivity contribution in [1.82, 2.24) is 5.32 Å². The molecule has 0 aliphatic carbocycles. The second-order valence-corrected chi connectivity index (χ2v) is 3.96. The van der Waals surface area contributed by atoms with Crippen LogP contribution in [0.3, 0.4) is 0 Å². The van der Waals surface area contributed by atoms with E-state index in [2.05, 4.69) is 5.32 Å². The molecule has 1 amide bonds. The van der Waals surface area contributed by atoms with Gasteiger partial charge >= 0.3 is 0 Å². The first-order valence-corrected chi connectivity index (χ1v) is 5.75. The summed E-state index contributed by atoms with van der Waals surface area (Å²) in [6.45, 7) is 1.13. The van der Waals surface area contributed by atoms with E-state index >= 15 is 0 Å². The highest BCUT2D eigenvalue weighted by Crippen LogP contribution is 2.18. The lowest BCUT2D eigenvalue weighted by Gasteiger charge is -2.07. The molecule has 0 unspecified atom stereocenters. The second kappa shape index (κ2) is 7.25. The van der Waals surface area contributed by atoms with E-state index < -0.39 is 11.7 Å². The van der Waals surface area contributed by atoms with Gasteiger partial charge in [0.05, 0.1) is 10.6 Å². The predicted octanol–water partition coefficient (Wildman–Crippen LogP) is 2.64. The predicted molar refractivity (Wildman–Crippen MR) is 64.9 cm³/mol. The van der Waals surface area contributed by atoms with E-state index in [0.717, 1.165) is 12.8 Å². The zero-order valence-corrected chi connectivity index (χ0v) is 10.4. The lowest BCUT2D eigenvalue weighted by molar-refractivity contribution is 0.0947. The molecule has 0 atom stereocenters. The molecule has 0 saturated carbocycles. The molecule has 1 aromatic carbocycles. The van der Waals surface area contributed by atoms with Crippen LogP contribution < -0.4 is 5.32 Å². The molecule has 1 aromatic rings. The van der Waals surface area contributed by atoms with Gasteiger partial charge in [0.2, 0.25) is 0 Å². The smallest absolute Gasteiger partial charge is 0.255 e. The van der Waals surface area contributed by atoms with Gasteiger partial charge in [0.25, 0.3) is 5.91 Å². The summed E-state index contributed by atoms with van der Waals surface area (Å²) in [7, 11) is 1.62. The van der Waals surface area contributed by atoms with Crippen molar-refractivity contribution in [2.45, 2.75) is 12.8 Å². The highest BCUT2D eigenvalue weighted by Gasteiger charge is 2.14. The molecule has 0 radical (unpaired) electrons. The van der Waals surface area contributed by atoms with Crippen molar-refractivity contribution in [2.24, 2.45) is 0 Å². The molecule has 0 aliphatic rings. The largest absolute Gasteiger partial charge is 0.385 e. The van der Waals surface area contributed by atoms with E-state index in [4.69, 9.17) is 16.3 Å². The number of ether oxygens (including phenoxy) is 1. The number of halogens is 2. The van der Waals surface area contributed by atoms with Gasteiger partial charge in [0, 0.05) is 20.3 Å². The van der Waals surface area contributed by atoms with Crippen molar-refractivity contribution in [2.75, 3.05) is 20.3 Å². The summed E-state index contributed by atoms with van der Waals surface area (Å²) in [5, 5.41) is 2.75. The summed E-state index contributed by atoms with van der Waals surface area (Å²) in [5.41, 5.74) is -0.0964. The first-order chi connectivity index (χ1) is 8.16. The number of hydrogen-bond donors (Lipinski definition) is 1. The molecule has 5 heteroatoms. The van der Waals surface area contributed by atoms with Gasteiger partial charge in [-0.1, -0.05) is 17.7 Å². The van der Waals surface area contributed by atoms with Crippen LogP contribution in [0.5, 0.6) is 0 Å². The molecule has 0 fully saturated rings. The standard InChI is InChI=1S/C12H15ClFNO2/c1-17-8-3-2-7-15-12(16)11-9(13)5-4-6-10(11)14/h4-6H,2-3,7-8H2,1H3,(H,15,16). The minimum absolute atomic E-state index is 0.0964. The Balaban J connectivity index is 2.47. The molecule has 0 spiro atoms. The summed E-state index contributed by atoms with van der Waals surface area (Å²) in [6, 6.07) is 4.17. The lowest BCUT2D eigenvalue weighted by atomic mass is 10.2. The Morgan fingerprint density at radius 3 is 2.88 bits per heavy atom. The fourth-order valence-electron chi connectivity index (χ4n) is 1.38. The number of hydrogen-bond acceptors (Lipinski definition) is 2. The number of benzene rings is 1. The number of methoxy groups -OCH3 is 1. The van der Waals surface area contributed by atoms with Crippen LogP contribution in [0, 0.1) is 5.82 Å². The van der Waals surface area contributed by atoms with E-state index in [-0.39, 0.29) is 10.6 Å². The molecule has 1 N–H and O–H groups in total. The molecule has 1 rings (SSSR count). The quantitative estimate of drug-likeness (QED) is 0.798. The van der Waals surface area contributed by atoms with Crippen molar-refractivity contribution in [3.63, 3.8) is 0 Å². The third-order valence-corrected chi connectivity index (χ3v) is 2.57. The first kappa shape index (κ1) is 13.9. The van der Waals surface area contributed by atoms with Gasteiger partial charge in [-0.25, -0.2) is 4.39 Å². The maximum Gasteiger partial charge on any atom is 0.255 e. The molecule has 0 heterocycles. The molecule has 3 nitrogen and oxygen atoms in total. The van der Waals surface area contributed by atoms with E-state index in [1.165, 1.54) is 18.2 Å². The maximum atomic E-state index is 13.4. The third kappa shape index (κ3) is 4.32. The van der Waals surface area contributed by atoms with E-state index in [0.29, 0.717) is 13.2 Å². The average molecular weight is 260 g/mol. The van der Waals surface area contributed by atoms with E-state index in [1.54, 1.807) is 7.11 Å². The van der Waals surface area contributed by atoms with Crippen molar-refractivity contribution >= 4 is 17.5 Å². The summed E-state index contributed by atoms with van der Waals surface area (Å²) in [6.07, 6.45) is 1.63. The number of nitrogens with one attached hydrogen (secondary N) is 1. The number of carbonyl (C=O) groups excluding carboxylic acids is 1. The van der Waals surface area contributed by atoms with E-state index in [1.807, 2.05) is 0 Å². The summed E-state index contributed by atoms with van der Waals surface area (Å²) >= 11 is 5.77. The monoisotopic (exact) mass is 259 g/mol. The summed E-state index contributed by atoms with van der Waals surface area (Å²) < 4.78 is 18.2. The molecular formula is C12H15ClFNO2. The highest BCUT2D eigenvalue weighted by molar-refractivity contribution is 6.33. The number of rotatable bonds is 6. The summed E-state index contributed by atoms with van der Waals surface area (Å²) in [5.74, 6) is -1.09. The number of amides is 1. The van der Waals surface area contributed by atoms with Crippen LogP contribution in [0.25, 0.3) is 0 Å². The molecule has 0 saturated heterocycles. The van der Waals surface area contributed by atoms with Gasteiger partial charge in [-0.3, -0.25) is 4.79 Å². The van der Waals surface area contributed by atoms with E-state index in [9.17, 15) is 9.18 Å². The van der Waals surface area contributed by atoms with Crippen LogP contribution in [-0.4, -0.2) is 26.2 Å². The molecule has 0 aliphatic heterocycles. The van der Waals surface area contributed by atoms with Crippen LogP contribution >= 0.6 is 11.6 Å². The molecule has 0 aromatic heterocycles. The SMILES string of the molecule is COCCCCNC(=O)c1c(F)cccc1Cl. The Morgan fingerprint density at radius 2 is 2.24 bits per heavy atom.